The smallest absolute Gasteiger partial charge is 0.239 e. The lowest BCUT2D eigenvalue weighted by atomic mass is 10.4. The zero-order chi connectivity index (χ0) is 10.8. The predicted molar refractivity (Wildman–Crippen MR) is 54.9 cm³/mol. The fraction of sp³-hybridized carbons (Fsp3) is 0.778. The van der Waals surface area contributed by atoms with Crippen molar-refractivity contribution in [3.05, 3.63) is 0 Å². The van der Waals surface area contributed by atoms with Crippen LogP contribution in [0.4, 0.5) is 0 Å². The van der Waals surface area contributed by atoms with E-state index in [2.05, 4.69) is 16.0 Å². The van der Waals surface area contributed by atoms with Gasteiger partial charge in [0.1, 0.15) is 0 Å². The predicted octanol–water partition coefficient (Wildman–Crippen LogP) is -0.762. The number of carbonyl (C=O) groups excluding carboxylic acids is 2. The molecule has 0 saturated carbocycles. The molecule has 0 aliphatic rings. The molecule has 0 heterocycles. The second-order valence-corrected chi connectivity index (χ2v) is 2.91. The zero-order valence-corrected chi connectivity index (χ0v) is 8.85. The van der Waals surface area contributed by atoms with Crippen LogP contribution < -0.4 is 16.0 Å². The third-order valence-electron chi connectivity index (χ3n) is 1.55. The van der Waals surface area contributed by atoms with Gasteiger partial charge in [-0.2, -0.15) is 0 Å². The quantitative estimate of drug-likeness (QED) is 0.507. The Bertz CT molecular complexity index is 163. The molecule has 0 radical (unpaired) electrons. The van der Waals surface area contributed by atoms with Crippen LogP contribution in [0.5, 0.6) is 0 Å². The number of carbonyl (C=O) groups is 2. The minimum Gasteiger partial charge on any atom is -0.355 e. The van der Waals surface area contributed by atoms with Crippen LogP contribution in [0.2, 0.25) is 0 Å². The fourth-order valence-corrected chi connectivity index (χ4v) is 0.807. The van der Waals surface area contributed by atoms with Gasteiger partial charge in [-0.15, -0.1) is 0 Å². The Balaban J connectivity index is 3.41. The first-order valence-electron chi connectivity index (χ1n) is 4.94. The van der Waals surface area contributed by atoms with E-state index in [4.69, 9.17) is 0 Å². The van der Waals surface area contributed by atoms with Gasteiger partial charge in [-0.25, -0.2) is 0 Å². The van der Waals surface area contributed by atoms with E-state index in [0.29, 0.717) is 6.54 Å². The summed E-state index contributed by atoms with van der Waals surface area (Å²) in [6, 6.07) is 0. The molecular weight excluding hydrogens is 182 g/mol. The molecule has 0 aromatic heterocycles. The average Bonchev–Trinajstić information content (AvgIpc) is 2.20. The summed E-state index contributed by atoms with van der Waals surface area (Å²) in [5.74, 6) is -0.296. The van der Waals surface area contributed by atoms with E-state index >= 15 is 0 Å². The third-order valence-corrected chi connectivity index (χ3v) is 1.55. The largest absolute Gasteiger partial charge is 0.355 e. The van der Waals surface area contributed by atoms with Crippen molar-refractivity contribution in [2.75, 3.05) is 26.2 Å². The molecule has 0 rings (SSSR count). The van der Waals surface area contributed by atoms with Crippen LogP contribution in [0.25, 0.3) is 0 Å². The number of hydrogen-bond acceptors (Lipinski definition) is 3. The molecule has 0 spiro atoms. The molecule has 0 aromatic rings. The Morgan fingerprint density at radius 3 is 2.21 bits per heavy atom. The van der Waals surface area contributed by atoms with Gasteiger partial charge >= 0.3 is 0 Å². The van der Waals surface area contributed by atoms with E-state index < -0.39 is 0 Å². The Labute approximate surface area is 84.6 Å². The molecule has 0 saturated heterocycles. The molecule has 3 N–H and O–H groups in total. The van der Waals surface area contributed by atoms with Crippen molar-refractivity contribution in [1.82, 2.24) is 16.0 Å². The Morgan fingerprint density at radius 1 is 1.00 bits per heavy atom. The van der Waals surface area contributed by atoms with E-state index in [1.807, 2.05) is 13.8 Å². The van der Waals surface area contributed by atoms with Crippen LogP contribution in [-0.4, -0.2) is 38.0 Å². The normalized spacial score (nSPS) is 9.57. The molecule has 0 aliphatic carbocycles. The molecule has 0 aromatic carbocycles. The fourth-order valence-electron chi connectivity index (χ4n) is 0.807. The molecule has 0 aliphatic heterocycles. The van der Waals surface area contributed by atoms with E-state index in [1.54, 1.807) is 0 Å². The maximum atomic E-state index is 11.0. The summed E-state index contributed by atoms with van der Waals surface area (Å²) in [6.07, 6.45) is 0.900. The zero-order valence-electron chi connectivity index (χ0n) is 8.85. The molecule has 5 nitrogen and oxygen atoms in total. The highest BCUT2D eigenvalue weighted by atomic mass is 16.2. The van der Waals surface area contributed by atoms with Gasteiger partial charge in [0.15, 0.2) is 0 Å². The van der Waals surface area contributed by atoms with Gasteiger partial charge in [-0.3, -0.25) is 9.59 Å². The van der Waals surface area contributed by atoms with Crippen molar-refractivity contribution in [1.29, 1.82) is 0 Å². The summed E-state index contributed by atoms with van der Waals surface area (Å²) in [5.41, 5.74) is 0. The number of hydrogen-bond donors (Lipinski definition) is 3. The van der Waals surface area contributed by atoms with Crippen LogP contribution in [0, 0.1) is 0 Å². The minimum atomic E-state index is -0.154. The summed E-state index contributed by atoms with van der Waals surface area (Å²) in [4.78, 5) is 22.1. The highest BCUT2D eigenvalue weighted by Gasteiger charge is 2.03. The summed E-state index contributed by atoms with van der Waals surface area (Å²) < 4.78 is 0. The van der Waals surface area contributed by atoms with E-state index in [-0.39, 0.29) is 24.9 Å². The summed E-state index contributed by atoms with van der Waals surface area (Å²) in [6.45, 7) is 5.62. The van der Waals surface area contributed by atoms with E-state index in [9.17, 15) is 9.59 Å². The second-order valence-electron chi connectivity index (χ2n) is 2.91. The van der Waals surface area contributed by atoms with Crippen molar-refractivity contribution >= 4 is 11.8 Å². The monoisotopic (exact) mass is 201 g/mol. The van der Waals surface area contributed by atoms with Crippen molar-refractivity contribution in [2.45, 2.75) is 20.3 Å². The van der Waals surface area contributed by atoms with Crippen molar-refractivity contribution in [3.63, 3.8) is 0 Å². The number of amides is 2. The van der Waals surface area contributed by atoms with Crippen LogP contribution in [0.3, 0.4) is 0 Å². The Morgan fingerprint density at radius 2 is 1.64 bits per heavy atom. The lowest BCUT2D eigenvalue weighted by molar-refractivity contribution is -0.125. The lowest BCUT2D eigenvalue weighted by Crippen LogP contribution is -2.40. The highest BCUT2D eigenvalue weighted by molar-refractivity contribution is 5.85. The maximum absolute atomic E-state index is 11.0. The summed E-state index contributed by atoms with van der Waals surface area (Å²) in [5, 5.41) is 8.05. The van der Waals surface area contributed by atoms with Crippen LogP contribution in [-0.2, 0) is 9.59 Å². The maximum Gasteiger partial charge on any atom is 0.239 e. The molecule has 0 bridgehead atoms. The average molecular weight is 201 g/mol. The standard InChI is InChI=1S/C9H19N3O2/c1-3-5-11-9(14)7-12-8(13)6-10-4-2/h10H,3-7H2,1-2H3,(H,11,14)(H,12,13). The number of likely N-dealkylation sites (N-methyl/N-ethyl adjacent to an activating group) is 1. The Kier molecular flexibility index (Phi) is 7.83. The van der Waals surface area contributed by atoms with Gasteiger partial charge < -0.3 is 16.0 Å². The first kappa shape index (κ1) is 12.9. The van der Waals surface area contributed by atoms with Gasteiger partial charge in [0.05, 0.1) is 13.1 Å². The number of nitrogens with one attached hydrogen (secondary N) is 3. The van der Waals surface area contributed by atoms with E-state index in [1.165, 1.54) is 0 Å². The van der Waals surface area contributed by atoms with Crippen molar-refractivity contribution < 1.29 is 9.59 Å². The van der Waals surface area contributed by atoms with Gasteiger partial charge in [0.2, 0.25) is 11.8 Å². The molecule has 82 valence electrons. The van der Waals surface area contributed by atoms with E-state index in [0.717, 1.165) is 13.0 Å². The van der Waals surface area contributed by atoms with Gasteiger partial charge in [-0.05, 0) is 13.0 Å². The van der Waals surface area contributed by atoms with Gasteiger partial charge in [0, 0.05) is 6.54 Å². The molecule has 0 atom stereocenters. The van der Waals surface area contributed by atoms with Crippen LogP contribution in [0.1, 0.15) is 20.3 Å². The Hall–Kier alpha value is -1.10. The first-order valence-corrected chi connectivity index (χ1v) is 4.94. The summed E-state index contributed by atoms with van der Waals surface area (Å²) >= 11 is 0. The number of rotatable bonds is 7. The highest BCUT2D eigenvalue weighted by Crippen LogP contribution is 1.71. The molecule has 0 fully saturated rings. The van der Waals surface area contributed by atoms with Crippen molar-refractivity contribution in [2.24, 2.45) is 0 Å². The lowest BCUT2D eigenvalue weighted by Gasteiger charge is -2.05. The van der Waals surface area contributed by atoms with Gasteiger partial charge in [-0.1, -0.05) is 13.8 Å². The molecule has 5 heteroatoms. The van der Waals surface area contributed by atoms with Crippen LogP contribution in [0.15, 0.2) is 0 Å². The van der Waals surface area contributed by atoms with Gasteiger partial charge in [0.25, 0.3) is 0 Å². The molecular formula is C9H19N3O2. The molecule has 2 amide bonds. The molecule has 0 unspecified atom stereocenters. The minimum absolute atomic E-state index is 0.0597. The topological polar surface area (TPSA) is 70.2 Å². The first-order chi connectivity index (χ1) is 6.70. The third kappa shape index (κ3) is 7.54. The SMILES string of the molecule is CCCNC(=O)CNC(=O)CNCC. The summed E-state index contributed by atoms with van der Waals surface area (Å²) in [7, 11) is 0. The molecule has 14 heavy (non-hydrogen) atoms. The second kappa shape index (κ2) is 8.50. The van der Waals surface area contributed by atoms with Crippen LogP contribution >= 0.6 is 0 Å². The van der Waals surface area contributed by atoms with Crippen molar-refractivity contribution in [3.8, 4) is 0 Å².